The number of benzene rings is 2. The van der Waals surface area contributed by atoms with E-state index in [1.54, 1.807) is 0 Å². The Morgan fingerprint density at radius 2 is 1.83 bits per heavy atom. The van der Waals surface area contributed by atoms with Crippen molar-refractivity contribution in [2.75, 3.05) is 13.1 Å². The predicted molar refractivity (Wildman–Crippen MR) is 117 cm³/mol. The Balaban J connectivity index is 1.46. The molecule has 29 heavy (non-hydrogen) atoms. The van der Waals surface area contributed by atoms with Crippen LogP contribution in [-0.4, -0.2) is 28.5 Å². The molecular formula is C24H26ClN3O. The number of fused-ring (bicyclic) bond motifs is 1. The lowest BCUT2D eigenvalue weighted by atomic mass is 9.97. The molecule has 0 fully saturated rings. The van der Waals surface area contributed by atoms with E-state index >= 15 is 0 Å². The van der Waals surface area contributed by atoms with E-state index in [0.29, 0.717) is 18.0 Å². The van der Waals surface area contributed by atoms with Gasteiger partial charge in [0.15, 0.2) is 0 Å². The maximum Gasteiger partial charge on any atom is 0.224 e. The summed E-state index contributed by atoms with van der Waals surface area (Å²) in [5.74, 6) is 0.0314. The molecule has 1 aliphatic heterocycles. The number of nitrogens with one attached hydrogen (secondary N) is 1. The molecule has 1 atom stereocenters. The van der Waals surface area contributed by atoms with Crippen molar-refractivity contribution in [2.45, 2.75) is 25.4 Å². The first-order valence-corrected chi connectivity index (χ1v) is 10.4. The molecule has 5 heteroatoms. The van der Waals surface area contributed by atoms with Gasteiger partial charge in [0.2, 0.25) is 5.91 Å². The van der Waals surface area contributed by atoms with E-state index in [0.717, 1.165) is 25.1 Å². The monoisotopic (exact) mass is 407 g/mol. The van der Waals surface area contributed by atoms with Gasteiger partial charge >= 0.3 is 0 Å². The van der Waals surface area contributed by atoms with Gasteiger partial charge in [0.05, 0.1) is 12.5 Å². The summed E-state index contributed by atoms with van der Waals surface area (Å²) in [6.07, 6.45) is 3.46. The van der Waals surface area contributed by atoms with Crippen LogP contribution in [0, 0.1) is 0 Å². The molecule has 1 amide bonds. The molecule has 1 aliphatic rings. The summed E-state index contributed by atoms with van der Waals surface area (Å²) in [4.78, 5) is 15.0. The summed E-state index contributed by atoms with van der Waals surface area (Å²) in [7, 11) is 2.07. The molecule has 2 heterocycles. The Kier molecular flexibility index (Phi) is 6.02. The minimum atomic E-state index is 0.0314. The van der Waals surface area contributed by atoms with Gasteiger partial charge in [-0.2, -0.15) is 0 Å². The first kappa shape index (κ1) is 19.7. The SMILES string of the molecule is Cn1cccc1C(CNC(=O)Cc1ccc(Cl)cc1)N1CCc2ccccc2C1. The van der Waals surface area contributed by atoms with Crippen molar-refractivity contribution in [1.29, 1.82) is 0 Å². The molecule has 3 aromatic rings. The predicted octanol–water partition coefficient (Wildman–Crippen LogP) is 4.14. The Morgan fingerprint density at radius 1 is 1.07 bits per heavy atom. The van der Waals surface area contributed by atoms with Crippen LogP contribution >= 0.6 is 11.6 Å². The van der Waals surface area contributed by atoms with Crippen LogP contribution in [0.25, 0.3) is 0 Å². The van der Waals surface area contributed by atoms with Crippen molar-refractivity contribution in [1.82, 2.24) is 14.8 Å². The molecule has 1 N–H and O–H groups in total. The van der Waals surface area contributed by atoms with E-state index in [2.05, 4.69) is 64.4 Å². The van der Waals surface area contributed by atoms with Crippen molar-refractivity contribution >= 4 is 17.5 Å². The molecule has 4 rings (SSSR count). The van der Waals surface area contributed by atoms with E-state index in [9.17, 15) is 4.79 Å². The summed E-state index contributed by atoms with van der Waals surface area (Å²) in [6, 6.07) is 20.4. The summed E-state index contributed by atoms with van der Waals surface area (Å²) in [5.41, 5.74) is 5.00. The van der Waals surface area contributed by atoms with Crippen molar-refractivity contribution < 1.29 is 4.79 Å². The lowest BCUT2D eigenvalue weighted by Crippen LogP contribution is -2.41. The fourth-order valence-corrected chi connectivity index (χ4v) is 4.21. The van der Waals surface area contributed by atoms with Crippen LogP contribution in [0.1, 0.15) is 28.4 Å². The highest BCUT2D eigenvalue weighted by molar-refractivity contribution is 6.30. The molecule has 1 unspecified atom stereocenters. The Bertz CT molecular complexity index is 980. The van der Waals surface area contributed by atoms with E-state index in [4.69, 9.17) is 11.6 Å². The van der Waals surface area contributed by atoms with Crippen LogP contribution in [0.3, 0.4) is 0 Å². The number of carbonyl (C=O) groups excluding carboxylic acids is 1. The second-order valence-electron chi connectivity index (χ2n) is 7.66. The Hall–Kier alpha value is -2.56. The summed E-state index contributed by atoms with van der Waals surface area (Å²) < 4.78 is 2.15. The van der Waals surface area contributed by atoms with Crippen LogP contribution in [0.5, 0.6) is 0 Å². The number of hydrogen-bond acceptors (Lipinski definition) is 2. The standard InChI is InChI=1S/C24H26ClN3O/c1-27-13-4-7-22(27)23(28-14-12-19-5-2-3-6-20(19)17-28)16-26-24(29)15-18-8-10-21(25)11-9-18/h2-11,13,23H,12,14-17H2,1H3,(H,26,29). The van der Waals surface area contributed by atoms with Crippen molar-refractivity contribution in [3.05, 3.63) is 94.3 Å². The fourth-order valence-electron chi connectivity index (χ4n) is 4.09. The highest BCUT2D eigenvalue weighted by Crippen LogP contribution is 2.27. The summed E-state index contributed by atoms with van der Waals surface area (Å²) in [5, 5.41) is 3.84. The van der Waals surface area contributed by atoms with Gasteiger partial charge in [-0.3, -0.25) is 9.69 Å². The second kappa shape index (κ2) is 8.85. The Morgan fingerprint density at radius 3 is 2.55 bits per heavy atom. The van der Waals surface area contributed by atoms with Crippen LogP contribution in [0.4, 0.5) is 0 Å². The van der Waals surface area contributed by atoms with E-state index < -0.39 is 0 Å². The van der Waals surface area contributed by atoms with Gasteiger partial charge in [-0.15, -0.1) is 0 Å². The lowest BCUT2D eigenvalue weighted by molar-refractivity contribution is -0.120. The molecule has 2 aromatic carbocycles. The van der Waals surface area contributed by atoms with Crippen LogP contribution in [0.15, 0.2) is 66.9 Å². The normalized spacial score (nSPS) is 15.0. The third-order valence-electron chi connectivity index (χ3n) is 5.70. The number of amides is 1. The van der Waals surface area contributed by atoms with Crippen LogP contribution in [-0.2, 0) is 31.2 Å². The highest BCUT2D eigenvalue weighted by Gasteiger charge is 2.26. The quantitative estimate of drug-likeness (QED) is 0.666. The number of nitrogens with zero attached hydrogens (tertiary/aromatic N) is 2. The summed E-state index contributed by atoms with van der Waals surface area (Å²) >= 11 is 5.94. The van der Waals surface area contributed by atoms with Gasteiger partial charge in [-0.25, -0.2) is 0 Å². The van der Waals surface area contributed by atoms with Gasteiger partial charge in [-0.05, 0) is 47.4 Å². The minimum Gasteiger partial charge on any atom is -0.354 e. The number of aromatic nitrogens is 1. The molecule has 1 aromatic heterocycles. The first-order valence-electron chi connectivity index (χ1n) is 10.0. The van der Waals surface area contributed by atoms with Crippen molar-refractivity contribution in [2.24, 2.45) is 7.05 Å². The Labute approximate surface area is 177 Å². The second-order valence-corrected chi connectivity index (χ2v) is 8.09. The van der Waals surface area contributed by atoms with Gasteiger partial charge in [0.25, 0.3) is 0 Å². The first-order chi connectivity index (χ1) is 14.1. The molecule has 0 saturated heterocycles. The number of aryl methyl sites for hydroxylation is 1. The fraction of sp³-hybridized carbons (Fsp3) is 0.292. The van der Waals surface area contributed by atoms with Crippen molar-refractivity contribution in [3.8, 4) is 0 Å². The third-order valence-corrected chi connectivity index (χ3v) is 5.95. The molecule has 0 bridgehead atoms. The smallest absolute Gasteiger partial charge is 0.224 e. The number of hydrogen-bond donors (Lipinski definition) is 1. The van der Waals surface area contributed by atoms with Gasteiger partial charge in [-0.1, -0.05) is 48.0 Å². The van der Waals surface area contributed by atoms with E-state index in [-0.39, 0.29) is 11.9 Å². The lowest BCUT2D eigenvalue weighted by Gasteiger charge is -2.36. The number of halogens is 1. The summed E-state index contributed by atoms with van der Waals surface area (Å²) in [6.45, 7) is 2.48. The maximum absolute atomic E-state index is 12.6. The molecule has 0 spiro atoms. The average molecular weight is 408 g/mol. The minimum absolute atomic E-state index is 0.0314. The molecule has 0 saturated carbocycles. The molecule has 0 radical (unpaired) electrons. The zero-order valence-corrected chi connectivity index (χ0v) is 17.4. The van der Waals surface area contributed by atoms with E-state index in [1.165, 1.54) is 16.8 Å². The number of rotatable bonds is 6. The van der Waals surface area contributed by atoms with Crippen LogP contribution in [0.2, 0.25) is 5.02 Å². The molecule has 0 aliphatic carbocycles. The molecule has 150 valence electrons. The van der Waals surface area contributed by atoms with E-state index in [1.807, 2.05) is 24.3 Å². The van der Waals surface area contributed by atoms with Crippen LogP contribution < -0.4 is 5.32 Å². The number of carbonyl (C=O) groups is 1. The maximum atomic E-state index is 12.6. The zero-order valence-electron chi connectivity index (χ0n) is 16.6. The molecule has 4 nitrogen and oxygen atoms in total. The highest BCUT2D eigenvalue weighted by atomic mass is 35.5. The topological polar surface area (TPSA) is 37.3 Å². The molecular weight excluding hydrogens is 382 g/mol. The third kappa shape index (κ3) is 4.72. The van der Waals surface area contributed by atoms with Gasteiger partial charge in [0.1, 0.15) is 0 Å². The van der Waals surface area contributed by atoms with Gasteiger partial charge in [0, 0.05) is 43.6 Å². The zero-order chi connectivity index (χ0) is 20.2. The largest absolute Gasteiger partial charge is 0.354 e. The van der Waals surface area contributed by atoms with Crippen molar-refractivity contribution in [3.63, 3.8) is 0 Å². The average Bonchev–Trinajstić information content (AvgIpc) is 3.15. The van der Waals surface area contributed by atoms with Gasteiger partial charge < -0.3 is 9.88 Å².